The van der Waals surface area contributed by atoms with Crippen LogP contribution in [-0.4, -0.2) is 23.8 Å². The van der Waals surface area contributed by atoms with Crippen LogP contribution in [0.1, 0.15) is 65.2 Å². The summed E-state index contributed by atoms with van der Waals surface area (Å²) >= 11 is 0. The summed E-state index contributed by atoms with van der Waals surface area (Å²) in [4.78, 5) is 11.0. The lowest BCUT2D eigenvalue weighted by atomic mass is 10.2. The highest BCUT2D eigenvalue weighted by Gasteiger charge is 2.15. The molecule has 146 valence electrons. The van der Waals surface area contributed by atoms with Crippen molar-refractivity contribution in [3.63, 3.8) is 0 Å². The van der Waals surface area contributed by atoms with Crippen molar-refractivity contribution >= 4 is 5.97 Å². The van der Waals surface area contributed by atoms with Gasteiger partial charge in [0.25, 0.3) is 0 Å². The molecule has 1 unspecified atom stereocenters. The molecule has 0 spiro atoms. The zero-order chi connectivity index (χ0) is 19.3. The number of carbonyl (C=O) groups is 1. The summed E-state index contributed by atoms with van der Waals surface area (Å²) in [5.41, 5.74) is 0. The van der Waals surface area contributed by atoms with Crippen molar-refractivity contribution in [2.75, 3.05) is 6.61 Å². The first kappa shape index (κ1) is 24.1. The van der Waals surface area contributed by atoms with Gasteiger partial charge in [-0.25, -0.2) is 4.79 Å². The van der Waals surface area contributed by atoms with E-state index >= 15 is 0 Å². The van der Waals surface area contributed by atoms with E-state index in [1.807, 2.05) is 19.1 Å². The van der Waals surface area contributed by atoms with Crippen LogP contribution in [0.25, 0.3) is 0 Å². The van der Waals surface area contributed by atoms with Gasteiger partial charge in [-0.3, -0.25) is 0 Å². The fourth-order valence-corrected chi connectivity index (χ4v) is 2.13. The number of carboxylic acid groups (broad SMARTS) is 1. The normalized spacial score (nSPS) is 13.9. The number of aliphatic carboxylic acids is 1. The minimum atomic E-state index is -0.887. The molecule has 0 aromatic heterocycles. The lowest BCUT2D eigenvalue weighted by molar-refractivity contribution is -0.150. The van der Waals surface area contributed by atoms with Crippen LogP contribution in [0.5, 0.6) is 0 Å². The molecule has 3 heteroatoms. The fraction of sp³-hybridized carbons (Fsp3) is 0.522. The third-order valence-electron chi connectivity index (χ3n) is 3.53. The van der Waals surface area contributed by atoms with Crippen LogP contribution in [-0.2, 0) is 9.53 Å². The molecule has 0 saturated heterocycles. The molecular formula is C23H36O3. The maximum atomic E-state index is 11.0. The van der Waals surface area contributed by atoms with E-state index in [9.17, 15) is 4.79 Å². The van der Waals surface area contributed by atoms with Gasteiger partial charge in [0.2, 0.25) is 0 Å². The first-order valence-electron chi connectivity index (χ1n) is 9.81. The Balaban J connectivity index is 3.69. The molecule has 0 amide bonds. The predicted molar refractivity (Wildman–Crippen MR) is 111 cm³/mol. The van der Waals surface area contributed by atoms with Gasteiger partial charge in [-0.05, 0) is 44.9 Å². The van der Waals surface area contributed by atoms with Crippen LogP contribution >= 0.6 is 0 Å². The van der Waals surface area contributed by atoms with Gasteiger partial charge < -0.3 is 9.84 Å². The van der Waals surface area contributed by atoms with E-state index < -0.39 is 12.1 Å². The maximum Gasteiger partial charge on any atom is 0.333 e. The second-order valence-electron chi connectivity index (χ2n) is 5.98. The highest BCUT2D eigenvalue weighted by Crippen LogP contribution is 2.03. The Hall–Kier alpha value is -1.87. The Kier molecular flexibility index (Phi) is 18.1. The number of unbranched alkanes of at least 4 members (excludes halogenated alkanes) is 1. The van der Waals surface area contributed by atoms with Crippen molar-refractivity contribution in [3.8, 4) is 0 Å². The first-order valence-corrected chi connectivity index (χ1v) is 9.81. The van der Waals surface area contributed by atoms with Crippen LogP contribution in [0.2, 0.25) is 0 Å². The Morgan fingerprint density at radius 3 is 1.81 bits per heavy atom. The smallest absolute Gasteiger partial charge is 0.333 e. The van der Waals surface area contributed by atoms with Crippen molar-refractivity contribution in [3.05, 3.63) is 60.8 Å². The number of carboxylic acids is 1. The van der Waals surface area contributed by atoms with Gasteiger partial charge in [0.05, 0.1) is 0 Å². The fourth-order valence-electron chi connectivity index (χ4n) is 2.13. The molecule has 1 atom stereocenters. The molecule has 0 heterocycles. The standard InChI is InChI=1S/C23H36O3/c1-3-5-6-7-8-9-10-11-12-13-14-15-16-17-18-19-20-22(23(24)25)26-21-4-2/h5-6,8-9,11-12,14-15,18-19,22H,3-4,7,10,13,16-17,20-21H2,1-2H3,(H,24,25). The molecule has 0 aliphatic rings. The van der Waals surface area contributed by atoms with Crippen molar-refractivity contribution in [1.82, 2.24) is 0 Å². The van der Waals surface area contributed by atoms with Crippen molar-refractivity contribution in [2.24, 2.45) is 0 Å². The lowest BCUT2D eigenvalue weighted by Gasteiger charge is -2.10. The molecule has 0 rings (SSSR count). The number of hydrogen-bond donors (Lipinski definition) is 1. The second-order valence-corrected chi connectivity index (χ2v) is 5.98. The number of allylic oxidation sites excluding steroid dienone is 9. The van der Waals surface area contributed by atoms with Gasteiger partial charge in [-0.2, -0.15) is 0 Å². The molecule has 3 nitrogen and oxygen atoms in total. The minimum absolute atomic E-state index is 0.434. The van der Waals surface area contributed by atoms with Crippen LogP contribution in [0.4, 0.5) is 0 Å². The predicted octanol–water partition coefficient (Wildman–Crippen LogP) is 6.40. The maximum absolute atomic E-state index is 11.0. The van der Waals surface area contributed by atoms with Crippen LogP contribution in [0.15, 0.2) is 60.8 Å². The summed E-state index contributed by atoms with van der Waals surface area (Å²) in [7, 11) is 0. The number of ether oxygens (including phenoxy) is 1. The molecule has 0 radical (unpaired) electrons. The van der Waals surface area contributed by atoms with Gasteiger partial charge in [0, 0.05) is 13.0 Å². The largest absolute Gasteiger partial charge is 0.479 e. The SMILES string of the molecule is CCC=CCC=CCC=CCC=CCCC=CCC(OCCC)C(=O)O. The van der Waals surface area contributed by atoms with E-state index in [0.29, 0.717) is 13.0 Å². The Labute approximate surface area is 159 Å². The first-order chi connectivity index (χ1) is 12.7. The van der Waals surface area contributed by atoms with Crippen molar-refractivity contribution < 1.29 is 14.6 Å². The number of hydrogen-bond acceptors (Lipinski definition) is 2. The molecule has 0 aliphatic heterocycles. The van der Waals surface area contributed by atoms with Gasteiger partial charge in [0.15, 0.2) is 6.10 Å². The van der Waals surface area contributed by atoms with E-state index in [2.05, 4.69) is 55.5 Å². The second kappa shape index (κ2) is 19.5. The summed E-state index contributed by atoms with van der Waals surface area (Å²) in [6.45, 7) is 4.61. The van der Waals surface area contributed by atoms with E-state index in [-0.39, 0.29) is 0 Å². The summed E-state index contributed by atoms with van der Waals surface area (Å²) in [5.74, 6) is -0.887. The highest BCUT2D eigenvalue weighted by molar-refractivity contribution is 5.72. The monoisotopic (exact) mass is 360 g/mol. The van der Waals surface area contributed by atoms with Gasteiger partial charge in [-0.1, -0.05) is 74.6 Å². The molecule has 0 aliphatic carbocycles. The van der Waals surface area contributed by atoms with Crippen LogP contribution < -0.4 is 0 Å². The third-order valence-corrected chi connectivity index (χ3v) is 3.53. The third kappa shape index (κ3) is 17.0. The summed E-state index contributed by atoms with van der Waals surface area (Å²) in [6, 6.07) is 0. The average molecular weight is 361 g/mol. The molecule has 26 heavy (non-hydrogen) atoms. The van der Waals surface area contributed by atoms with Crippen LogP contribution in [0.3, 0.4) is 0 Å². The van der Waals surface area contributed by atoms with Crippen molar-refractivity contribution in [2.45, 2.75) is 71.3 Å². The Bertz CT molecular complexity index is 470. The molecule has 1 N–H and O–H groups in total. The Morgan fingerprint density at radius 1 is 0.808 bits per heavy atom. The average Bonchev–Trinajstić information content (AvgIpc) is 2.63. The molecular weight excluding hydrogens is 324 g/mol. The highest BCUT2D eigenvalue weighted by atomic mass is 16.5. The van der Waals surface area contributed by atoms with E-state index in [1.54, 1.807) is 0 Å². The van der Waals surface area contributed by atoms with E-state index in [1.165, 1.54) is 0 Å². The Morgan fingerprint density at radius 2 is 1.31 bits per heavy atom. The summed E-state index contributed by atoms with van der Waals surface area (Å²) < 4.78 is 5.30. The van der Waals surface area contributed by atoms with Gasteiger partial charge in [0.1, 0.15) is 0 Å². The van der Waals surface area contributed by atoms with Gasteiger partial charge >= 0.3 is 5.97 Å². The topological polar surface area (TPSA) is 46.5 Å². The summed E-state index contributed by atoms with van der Waals surface area (Å²) in [6.07, 6.45) is 27.9. The molecule has 0 aromatic carbocycles. The van der Waals surface area contributed by atoms with Crippen LogP contribution in [0, 0.1) is 0 Å². The zero-order valence-electron chi connectivity index (χ0n) is 16.5. The molecule has 0 fully saturated rings. The molecule has 0 bridgehead atoms. The van der Waals surface area contributed by atoms with E-state index in [4.69, 9.17) is 9.84 Å². The molecule has 0 saturated carbocycles. The molecule has 0 aromatic rings. The lowest BCUT2D eigenvalue weighted by Crippen LogP contribution is -2.23. The quantitative estimate of drug-likeness (QED) is 0.256. The van der Waals surface area contributed by atoms with Gasteiger partial charge in [-0.15, -0.1) is 0 Å². The van der Waals surface area contributed by atoms with E-state index in [0.717, 1.165) is 44.9 Å². The zero-order valence-corrected chi connectivity index (χ0v) is 16.5. The minimum Gasteiger partial charge on any atom is -0.479 e. The summed E-state index contributed by atoms with van der Waals surface area (Å²) in [5, 5.41) is 9.04. The van der Waals surface area contributed by atoms with Crippen molar-refractivity contribution in [1.29, 1.82) is 0 Å². The number of rotatable bonds is 16.